The SMILES string of the molecule is CC(C)C(CCO)NC(=O)Nc1ccc(Cl)c(Cl)c1. The van der Waals surface area contributed by atoms with Crippen LogP contribution >= 0.6 is 23.2 Å². The number of urea groups is 1. The predicted molar refractivity (Wildman–Crippen MR) is 78.9 cm³/mol. The van der Waals surface area contributed by atoms with Crippen molar-refractivity contribution in [1.29, 1.82) is 0 Å². The summed E-state index contributed by atoms with van der Waals surface area (Å²) in [5.41, 5.74) is 0.568. The Balaban J connectivity index is 2.61. The first-order valence-corrected chi connectivity index (χ1v) is 6.83. The summed E-state index contributed by atoms with van der Waals surface area (Å²) >= 11 is 11.7. The first-order chi connectivity index (χ1) is 8.93. The molecule has 0 radical (unpaired) electrons. The van der Waals surface area contributed by atoms with Gasteiger partial charge in [-0.3, -0.25) is 0 Å². The lowest BCUT2D eigenvalue weighted by molar-refractivity contribution is 0.227. The molecule has 2 amide bonds. The maximum Gasteiger partial charge on any atom is 0.319 e. The molecule has 3 N–H and O–H groups in total. The molecule has 0 aliphatic heterocycles. The number of hydrogen-bond acceptors (Lipinski definition) is 2. The van der Waals surface area contributed by atoms with Crippen molar-refractivity contribution in [2.45, 2.75) is 26.3 Å². The van der Waals surface area contributed by atoms with E-state index in [0.29, 0.717) is 22.2 Å². The van der Waals surface area contributed by atoms with Crippen molar-refractivity contribution in [3.8, 4) is 0 Å². The molecule has 0 aliphatic carbocycles. The average molecular weight is 305 g/mol. The van der Waals surface area contributed by atoms with Crippen LogP contribution < -0.4 is 10.6 Å². The van der Waals surface area contributed by atoms with Crippen LogP contribution in [0.4, 0.5) is 10.5 Å². The zero-order valence-corrected chi connectivity index (χ0v) is 12.4. The largest absolute Gasteiger partial charge is 0.396 e. The Morgan fingerprint density at radius 1 is 1.32 bits per heavy atom. The Kier molecular flexibility index (Phi) is 6.42. The molecule has 1 atom stereocenters. The summed E-state index contributed by atoms with van der Waals surface area (Å²) in [5, 5.41) is 15.3. The van der Waals surface area contributed by atoms with Crippen molar-refractivity contribution < 1.29 is 9.90 Å². The summed E-state index contributed by atoms with van der Waals surface area (Å²) in [6.07, 6.45) is 0.520. The number of hydrogen-bond donors (Lipinski definition) is 3. The zero-order chi connectivity index (χ0) is 14.4. The highest BCUT2D eigenvalue weighted by Gasteiger charge is 2.15. The Labute approximate surface area is 123 Å². The molecule has 4 nitrogen and oxygen atoms in total. The van der Waals surface area contributed by atoms with E-state index in [2.05, 4.69) is 10.6 Å². The lowest BCUT2D eigenvalue weighted by atomic mass is 10.0. The molecule has 19 heavy (non-hydrogen) atoms. The van der Waals surface area contributed by atoms with Crippen molar-refractivity contribution in [3.63, 3.8) is 0 Å². The maximum atomic E-state index is 11.8. The smallest absolute Gasteiger partial charge is 0.319 e. The second-order valence-corrected chi connectivity index (χ2v) is 5.40. The Morgan fingerprint density at radius 3 is 2.53 bits per heavy atom. The number of rotatable bonds is 5. The number of benzene rings is 1. The lowest BCUT2D eigenvalue weighted by Gasteiger charge is -2.21. The summed E-state index contributed by atoms with van der Waals surface area (Å²) in [6, 6.07) is 4.47. The number of nitrogens with one attached hydrogen (secondary N) is 2. The molecule has 1 unspecified atom stereocenters. The second kappa shape index (κ2) is 7.58. The fourth-order valence-electron chi connectivity index (χ4n) is 1.62. The van der Waals surface area contributed by atoms with Gasteiger partial charge in [-0.05, 0) is 30.5 Å². The van der Waals surface area contributed by atoms with Crippen LogP contribution in [-0.4, -0.2) is 23.8 Å². The van der Waals surface area contributed by atoms with Gasteiger partial charge < -0.3 is 15.7 Å². The number of carbonyl (C=O) groups is 1. The van der Waals surface area contributed by atoms with E-state index in [1.54, 1.807) is 18.2 Å². The van der Waals surface area contributed by atoms with Gasteiger partial charge >= 0.3 is 6.03 Å². The molecule has 1 rings (SSSR count). The molecule has 0 saturated heterocycles. The molecule has 0 aliphatic rings. The third-order valence-electron chi connectivity index (χ3n) is 2.74. The molecule has 1 aromatic rings. The van der Waals surface area contributed by atoms with Crippen LogP contribution in [0.15, 0.2) is 18.2 Å². The minimum absolute atomic E-state index is 0.0376. The number of halogens is 2. The van der Waals surface area contributed by atoms with Crippen molar-refractivity contribution in [3.05, 3.63) is 28.2 Å². The highest BCUT2D eigenvalue weighted by molar-refractivity contribution is 6.42. The van der Waals surface area contributed by atoms with E-state index in [0.717, 1.165) is 0 Å². The zero-order valence-electron chi connectivity index (χ0n) is 10.9. The Hall–Kier alpha value is -0.970. The molecule has 0 saturated carbocycles. The van der Waals surface area contributed by atoms with E-state index in [1.807, 2.05) is 13.8 Å². The third kappa shape index (κ3) is 5.27. The molecule has 1 aromatic carbocycles. The fraction of sp³-hybridized carbons (Fsp3) is 0.462. The number of amides is 2. The van der Waals surface area contributed by atoms with Gasteiger partial charge in [0.15, 0.2) is 0 Å². The first-order valence-electron chi connectivity index (χ1n) is 6.07. The molecule has 0 aromatic heterocycles. The third-order valence-corrected chi connectivity index (χ3v) is 3.48. The van der Waals surface area contributed by atoms with Crippen molar-refractivity contribution >= 4 is 34.9 Å². The number of aliphatic hydroxyl groups excluding tert-OH is 1. The van der Waals surface area contributed by atoms with Crippen LogP contribution in [0.2, 0.25) is 10.0 Å². The quantitative estimate of drug-likeness (QED) is 0.779. The van der Waals surface area contributed by atoms with Crippen molar-refractivity contribution in [2.75, 3.05) is 11.9 Å². The van der Waals surface area contributed by atoms with Crippen LogP contribution in [0, 0.1) is 5.92 Å². The normalized spacial score (nSPS) is 12.3. The summed E-state index contributed by atoms with van der Waals surface area (Å²) in [4.78, 5) is 11.8. The molecule has 6 heteroatoms. The lowest BCUT2D eigenvalue weighted by Crippen LogP contribution is -2.41. The Morgan fingerprint density at radius 2 is 2.00 bits per heavy atom. The molecule has 0 spiro atoms. The highest BCUT2D eigenvalue weighted by Crippen LogP contribution is 2.24. The summed E-state index contributed by atoms with van der Waals surface area (Å²) in [5.74, 6) is 0.242. The molecule has 106 valence electrons. The van der Waals surface area contributed by atoms with Gasteiger partial charge in [0.2, 0.25) is 0 Å². The van der Waals surface area contributed by atoms with Crippen LogP contribution in [0.5, 0.6) is 0 Å². The van der Waals surface area contributed by atoms with Gasteiger partial charge in [0.05, 0.1) is 10.0 Å². The molecule has 0 fully saturated rings. The van der Waals surface area contributed by atoms with E-state index >= 15 is 0 Å². The van der Waals surface area contributed by atoms with Crippen molar-refractivity contribution in [2.24, 2.45) is 5.92 Å². The van der Waals surface area contributed by atoms with Gasteiger partial charge in [-0.2, -0.15) is 0 Å². The van der Waals surface area contributed by atoms with Gasteiger partial charge in [-0.15, -0.1) is 0 Å². The highest BCUT2D eigenvalue weighted by atomic mass is 35.5. The van der Waals surface area contributed by atoms with E-state index in [-0.39, 0.29) is 24.6 Å². The minimum Gasteiger partial charge on any atom is -0.396 e. The first kappa shape index (κ1) is 16.1. The molecule has 0 bridgehead atoms. The van der Waals surface area contributed by atoms with Gasteiger partial charge in [-0.25, -0.2) is 4.79 Å². The van der Waals surface area contributed by atoms with Gasteiger partial charge in [0.1, 0.15) is 0 Å². The number of carbonyl (C=O) groups excluding carboxylic acids is 1. The molecular formula is C13H18Cl2N2O2. The predicted octanol–water partition coefficient (Wildman–Crippen LogP) is 3.52. The topological polar surface area (TPSA) is 61.4 Å². The molecule has 0 heterocycles. The summed E-state index contributed by atoms with van der Waals surface area (Å²) < 4.78 is 0. The van der Waals surface area contributed by atoms with Gasteiger partial charge in [0.25, 0.3) is 0 Å². The van der Waals surface area contributed by atoms with E-state index < -0.39 is 0 Å². The maximum absolute atomic E-state index is 11.8. The van der Waals surface area contributed by atoms with Gasteiger partial charge in [0, 0.05) is 18.3 Å². The minimum atomic E-state index is -0.328. The van der Waals surface area contributed by atoms with E-state index in [1.165, 1.54) is 0 Å². The number of anilines is 1. The van der Waals surface area contributed by atoms with Crippen LogP contribution in [0.1, 0.15) is 20.3 Å². The van der Waals surface area contributed by atoms with Crippen LogP contribution in [-0.2, 0) is 0 Å². The van der Waals surface area contributed by atoms with Crippen molar-refractivity contribution in [1.82, 2.24) is 5.32 Å². The second-order valence-electron chi connectivity index (χ2n) is 4.59. The Bertz CT molecular complexity index is 439. The fourth-order valence-corrected chi connectivity index (χ4v) is 1.92. The van der Waals surface area contributed by atoms with E-state index in [4.69, 9.17) is 28.3 Å². The van der Waals surface area contributed by atoms with Crippen LogP contribution in [0.3, 0.4) is 0 Å². The monoisotopic (exact) mass is 304 g/mol. The number of aliphatic hydroxyl groups is 1. The van der Waals surface area contributed by atoms with Gasteiger partial charge in [-0.1, -0.05) is 37.0 Å². The standard InChI is InChI=1S/C13H18Cl2N2O2/c1-8(2)12(5-6-18)17-13(19)16-9-3-4-10(14)11(15)7-9/h3-4,7-8,12,18H,5-6H2,1-2H3,(H2,16,17,19). The average Bonchev–Trinajstić information content (AvgIpc) is 2.33. The van der Waals surface area contributed by atoms with E-state index in [9.17, 15) is 4.79 Å². The molecular weight excluding hydrogens is 287 g/mol. The van der Waals surface area contributed by atoms with Crippen LogP contribution in [0.25, 0.3) is 0 Å². The summed E-state index contributed by atoms with van der Waals surface area (Å²) in [7, 11) is 0. The summed E-state index contributed by atoms with van der Waals surface area (Å²) in [6.45, 7) is 4.01.